The van der Waals surface area contributed by atoms with E-state index in [1.165, 1.54) is 18.5 Å². The molecule has 5 aromatic rings. The maximum absolute atomic E-state index is 15.3. The van der Waals surface area contributed by atoms with Crippen LogP contribution in [0.25, 0.3) is 33.5 Å². The second-order valence-corrected chi connectivity index (χ2v) is 9.52. The van der Waals surface area contributed by atoms with Crippen molar-refractivity contribution in [2.45, 2.75) is 19.8 Å². The lowest BCUT2D eigenvalue weighted by Gasteiger charge is -2.12. The third-order valence-corrected chi connectivity index (χ3v) is 7.01. The summed E-state index contributed by atoms with van der Waals surface area (Å²) in [5.74, 6) is 0.578. The number of aromatic nitrogens is 5. The minimum atomic E-state index is -0.466. The van der Waals surface area contributed by atoms with Gasteiger partial charge in [-0.25, -0.2) is 19.3 Å². The van der Waals surface area contributed by atoms with Crippen molar-refractivity contribution in [1.82, 2.24) is 24.7 Å². The molecule has 37 heavy (non-hydrogen) atoms. The number of halogens is 1. The minimum absolute atomic E-state index is 0.0977. The van der Waals surface area contributed by atoms with Crippen LogP contribution in [-0.4, -0.2) is 30.6 Å². The number of anilines is 2. The van der Waals surface area contributed by atoms with Gasteiger partial charge in [-0.05, 0) is 53.6 Å². The summed E-state index contributed by atoms with van der Waals surface area (Å²) in [6.07, 6.45) is 8.27. The Morgan fingerprint density at radius 3 is 2.73 bits per heavy atom. The quantitative estimate of drug-likeness (QED) is 0.360. The van der Waals surface area contributed by atoms with Crippen LogP contribution in [0, 0.1) is 24.6 Å². The molecule has 3 atom stereocenters. The van der Waals surface area contributed by atoms with Crippen molar-refractivity contribution in [3.63, 3.8) is 0 Å². The highest BCUT2D eigenvalue weighted by Gasteiger charge is 2.52. The van der Waals surface area contributed by atoms with Gasteiger partial charge in [-0.3, -0.25) is 9.48 Å². The Balaban J connectivity index is 1.30. The average Bonchev–Trinajstić information content (AvgIpc) is 3.21. The second kappa shape index (κ2) is 8.51. The molecule has 186 valence electrons. The van der Waals surface area contributed by atoms with Crippen LogP contribution in [-0.2, 0) is 11.8 Å². The number of amides is 1. The van der Waals surface area contributed by atoms with Crippen molar-refractivity contribution in [3.05, 3.63) is 72.3 Å². The van der Waals surface area contributed by atoms with Crippen molar-refractivity contribution in [1.29, 1.82) is 0 Å². The van der Waals surface area contributed by atoms with Gasteiger partial charge in [0.25, 0.3) is 0 Å². The van der Waals surface area contributed by atoms with Crippen molar-refractivity contribution < 1.29 is 13.6 Å². The predicted octanol–water partition coefficient (Wildman–Crippen LogP) is 4.70. The maximum atomic E-state index is 15.3. The summed E-state index contributed by atoms with van der Waals surface area (Å²) in [7, 11) is 1.86. The smallest absolute Gasteiger partial charge is 0.229 e. The van der Waals surface area contributed by atoms with E-state index in [1.807, 2.05) is 13.2 Å². The SMILES string of the molecule is Cc1cc(-c2ncco2)cc(F)c1-c1cc2cc(NC(=O)[C@H]3[C@H](C)[C@@H]3c3cnn(C)c3)ncc2c(N)n1. The van der Waals surface area contributed by atoms with Crippen LogP contribution in [0.3, 0.4) is 0 Å². The Morgan fingerprint density at radius 2 is 2.03 bits per heavy atom. The number of oxazole rings is 1. The molecule has 0 aliphatic heterocycles. The standard InChI is InChI=1S/C27H24FN7O2/c1-13-6-16(27-30-4-5-37-27)7-19(28)22(13)20-8-15-9-21(31-11-18(15)25(29)33-20)34-26(36)24-14(2)23(24)17-10-32-35(3)12-17/h4-12,14,23-24H,1-3H3,(H2,29,33)(H,31,34,36)/t14-,23-,24+/m1/s1. The normalized spacial score (nSPS) is 18.8. The van der Waals surface area contributed by atoms with Crippen LogP contribution in [0.5, 0.6) is 0 Å². The maximum Gasteiger partial charge on any atom is 0.229 e. The number of benzene rings is 1. The number of aryl methyl sites for hydroxylation is 2. The first-order valence-corrected chi connectivity index (χ1v) is 11.9. The van der Waals surface area contributed by atoms with Gasteiger partial charge in [0.15, 0.2) is 0 Å². The number of nitrogens with one attached hydrogen (secondary N) is 1. The second-order valence-electron chi connectivity index (χ2n) is 9.52. The summed E-state index contributed by atoms with van der Waals surface area (Å²) in [6.45, 7) is 3.85. The highest BCUT2D eigenvalue weighted by atomic mass is 19.1. The lowest BCUT2D eigenvalue weighted by molar-refractivity contribution is -0.117. The Morgan fingerprint density at radius 1 is 1.19 bits per heavy atom. The number of pyridine rings is 2. The molecular weight excluding hydrogens is 473 g/mol. The van der Waals surface area contributed by atoms with Crippen LogP contribution in [0.4, 0.5) is 16.0 Å². The fourth-order valence-corrected chi connectivity index (χ4v) is 5.13. The Bertz CT molecular complexity index is 1640. The molecule has 1 amide bonds. The van der Waals surface area contributed by atoms with Gasteiger partial charge in [0.05, 0.1) is 18.1 Å². The minimum Gasteiger partial charge on any atom is -0.445 e. The van der Waals surface area contributed by atoms with Crippen molar-refractivity contribution >= 4 is 28.3 Å². The average molecular weight is 498 g/mol. The van der Waals surface area contributed by atoms with Crippen molar-refractivity contribution in [3.8, 4) is 22.7 Å². The van der Waals surface area contributed by atoms with E-state index < -0.39 is 5.82 Å². The zero-order valence-electron chi connectivity index (χ0n) is 20.4. The number of carbonyl (C=O) groups excluding carboxylic acids is 1. The van der Waals surface area contributed by atoms with E-state index in [0.717, 1.165) is 5.56 Å². The van der Waals surface area contributed by atoms with Gasteiger partial charge >= 0.3 is 0 Å². The van der Waals surface area contributed by atoms with Gasteiger partial charge in [-0.1, -0.05) is 6.92 Å². The number of rotatable bonds is 5. The number of fused-ring (bicyclic) bond motifs is 1. The molecule has 4 heterocycles. The molecule has 1 aliphatic rings. The molecule has 0 radical (unpaired) electrons. The van der Waals surface area contributed by atoms with Crippen molar-refractivity contribution in [2.24, 2.45) is 18.9 Å². The zero-order chi connectivity index (χ0) is 25.8. The molecule has 0 bridgehead atoms. The number of hydrogen-bond acceptors (Lipinski definition) is 7. The molecule has 1 aromatic carbocycles. The molecule has 9 nitrogen and oxygen atoms in total. The van der Waals surface area contributed by atoms with Crippen molar-refractivity contribution in [2.75, 3.05) is 11.1 Å². The highest BCUT2D eigenvalue weighted by molar-refractivity contribution is 5.99. The first kappa shape index (κ1) is 22.8. The molecule has 6 rings (SSSR count). The van der Waals surface area contributed by atoms with E-state index in [9.17, 15) is 4.79 Å². The predicted molar refractivity (Wildman–Crippen MR) is 137 cm³/mol. The van der Waals surface area contributed by atoms with Crippen LogP contribution in [0.15, 0.2) is 59.7 Å². The Kier molecular flexibility index (Phi) is 5.25. The summed E-state index contributed by atoms with van der Waals surface area (Å²) < 4.78 is 22.3. The third-order valence-electron chi connectivity index (χ3n) is 7.01. The molecule has 0 saturated heterocycles. The van der Waals surface area contributed by atoms with Crippen LogP contribution in [0.1, 0.15) is 24.0 Å². The summed E-state index contributed by atoms with van der Waals surface area (Å²) in [5.41, 5.74) is 9.18. The molecule has 1 saturated carbocycles. The van der Waals surface area contributed by atoms with Crippen LogP contribution < -0.4 is 11.1 Å². The molecule has 10 heteroatoms. The van der Waals surface area contributed by atoms with Gasteiger partial charge in [0.2, 0.25) is 11.8 Å². The summed E-state index contributed by atoms with van der Waals surface area (Å²) in [6, 6.07) is 6.64. The number of nitrogen functional groups attached to an aromatic ring is 1. The summed E-state index contributed by atoms with van der Waals surface area (Å²) in [5, 5.41) is 8.45. The summed E-state index contributed by atoms with van der Waals surface area (Å²) >= 11 is 0. The van der Waals surface area contributed by atoms with E-state index in [2.05, 4.69) is 32.3 Å². The molecule has 0 spiro atoms. The molecule has 1 aliphatic carbocycles. The van der Waals surface area contributed by atoms with Crippen LogP contribution in [0.2, 0.25) is 0 Å². The first-order chi connectivity index (χ1) is 17.8. The number of hydrogen-bond donors (Lipinski definition) is 2. The van der Waals surface area contributed by atoms with Gasteiger partial charge in [0.1, 0.15) is 23.7 Å². The van der Waals surface area contributed by atoms with E-state index in [-0.39, 0.29) is 29.5 Å². The number of carbonyl (C=O) groups is 1. The highest BCUT2D eigenvalue weighted by Crippen LogP contribution is 2.54. The van der Waals surface area contributed by atoms with E-state index in [0.29, 0.717) is 44.9 Å². The topological polar surface area (TPSA) is 125 Å². The molecule has 4 aromatic heterocycles. The molecule has 1 fully saturated rings. The molecular formula is C27H24FN7O2. The van der Waals surface area contributed by atoms with E-state index in [4.69, 9.17) is 10.2 Å². The van der Waals surface area contributed by atoms with E-state index >= 15 is 4.39 Å². The zero-order valence-corrected chi connectivity index (χ0v) is 20.4. The lowest BCUT2D eigenvalue weighted by Crippen LogP contribution is -2.16. The molecule has 3 N–H and O–H groups in total. The third kappa shape index (κ3) is 4.00. The van der Waals surface area contributed by atoms with E-state index in [1.54, 1.807) is 42.2 Å². The monoisotopic (exact) mass is 497 g/mol. The summed E-state index contributed by atoms with van der Waals surface area (Å²) in [4.78, 5) is 25.9. The Hall–Kier alpha value is -4.60. The largest absolute Gasteiger partial charge is 0.445 e. The van der Waals surface area contributed by atoms with Crippen LogP contribution >= 0.6 is 0 Å². The fraction of sp³-hybridized carbons (Fsp3) is 0.222. The first-order valence-electron chi connectivity index (χ1n) is 11.9. The van der Waals surface area contributed by atoms with Gasteiger partial charge in [0, 0.05) is 47.8 Å². The lowest BCUT2D eigenvalue weighted by atomic mass is 9.99. The molecule has 0 unspecified atom stereocenters. The number of nitrogens with zero attached hydrogens (tertiary/aromatic N) is 5. The fourth-order valence-electron chi connectivity index (χ4n) is 5.13. The van der Waals surface area contributed by atoms with Gasteiger partial charge in [-0.15, -0.1) is 0 Å². The van der Waals surface area contributed by atoms with Gasteiger partial charge in [-0.2, -0.15) is 5.10 Å². The van der Waals surface area contributed by atoms with Gasteiger partial charge < -0.3 is 15.5 Å². The number of nitrogens with two attached hydrogens (primary N) is 1. The Labute approximate surface area is 211 Å².